The van der Waals surface area contributed by atoms with E-state index in [0.29, 0.717) is 5.76 Å². The molecule has 0 bridgehead atoms. The molecule has 0 aromatic carbocycles. The van der Waals surface area contributed by atoms with E-state index in [-0.39, 0.29) is 17.0 Å². The van der Waals surface area contributed by atoms with Gasteiger partial charge in [0.15, 0.2) is 11.2 Å². The van der Waals surface area contributed by atoms with Gasteiger partial charge in [0.2, 0.25) is 5.78 Å². The summed E-state index contributed by atoms with van der Waals surface area (Å²) in [6.07, 6.45) is 6.39. The lowest BCUT2D eigenvalue weighted by molar-refractivity contribution is 0.101. The molecule has 0 aliphatic carbocycles. The van der Waals surface area contributed by atoms with Crippen molar-refractivity contribution in [2.75, 3.05) is 0 Å². The zero-order chi connectivity index (χ0) is 13.1. The first-order valence-corrected chi connectivity index (χ1v) is 5.37. The quantitative estimate of drug-likeness (QED) is 0.607. The molecule has 0 spiro atoms. The first-order valence-electron chi connectivity index (χ1n) is 5.37. The number of carbonyl (C=O) groups excluding carboxylic acids is 1. The molecule has 2 heterocycles. The van der Waals surface area contributed by atoms with Crippen LogP contribution >= 0.6 is 0 Å². The van der Waals surface area contributed by atoms with E-state index in [2.05, 4.69) is 5.10 Å². The summed E-state index contributed by atoms with van der Waals surface area (Å²) in [5.41, 5.74) is 0.567. The fourth-order valence-corrected chi connectivity index (χ4v) is 1.51. The number of allylic oxidation sites excluding steroid dienone is 1. The van der Waals surface area contributed by atoms with E-state index in [1.54, 1.807) is 37.1 Å². The minimum absolute atomic E-state index is 0.0418. The molecule has 0 radical (unpaired) electrons. The minimum atomic E-state index is -0.348. The van der Waals surface area contributed by atoms with Crippen LogP contribution in [0.1, 0.15) is 21.9 Å². The zero-order valence-corrected chi connectivity index (χ0v) is 10.1. The van der Waals surface area contributed by atoms with Gasteiger partial charge in [-0.1, -0.05) is 0 Å². The molecule has 92 valence electrons. The van der Waals surface area contributed by atoms with Crippen LogP contribution < -0.4 is 5.43 Å². The number of hydrogen-bond donors (Lipinski definition) is 0. The van der Waals surface area contributed by atoms with Crippen LogP contribution in [0.4, 0.5) is 0 Å². The average Bonchev–Trinajstić information content (AvgIpc) is 2.70. The van der Waals surface area contributed by atoms with Crippen molar-refractivity contribution in [1.29, 1.82) is 0 Å². The van der Waals surface area contributed by atoms with Gasteiger partial charge >= 0.3 is 0 Å². The van der Waals surface area contributed by atoms with E-state index in [1.165, 1.54) is 18.2 Å². The van der Waals surface area contributed by atoms with Crippen LogP contribution in [0.3, 0.4) is 0 Å². The molecule has 5 heteroatoms. The number of nitrogens with zero attached hydrogens (tertiary/aromatic N) is 2. The maximum absolute atomic E-state index is 11.8. The van der Waals surface area contributed by atoms with Crippen molar-refractivity contribution in [3.8, 4) is 0 Å². The number of ketones is 1. The first kappa shape index (κ1) is 12.0. The summed E-state index contributed by atoms with van der Waals surface area (Å²) in [6, 6.07) is 2.52. The Labute approximate surface area is 103 Å². The molecular formula is C13H12N2O3. The first-order chi connectivity index (χ1) is 8.54. The average molecular weight is 244 g/mol. The third-order valence-electron chi connectivity index (χ3n) is 2.28. The fraction of sp³-hybridized carbons (Fsp3) is 0.154. The van der Waals surface area contributed by atoms with Gasteiger partial charge in [-0.3, -0.25) is 14.3 Å². The number of hydrogen-bond acceptors (Lipinski definition) is 4. The van der Waals surface area contributed by atoms with E-state index in [1.807, 2.05) is 0 Å². The molecule has 0 unspecified atom stereocenters. The topological polar surface area (TPSA) is 65.1 Å². The lowest BCUT2D eigenvalue weighted by atomic mass is 10.2. The van der Waals surface area contributed by atoms with Crippen LogP contribution in [0.2, 0.25) is 0 Å². The molecule has 0 atom stereocenters. The summed E-state index contributed by atoms with van der Waals surface area (Å²) in [7, 11) is 1.79. The van der Waals surface area contributed by atoms with E-state index in [0.717, 1.165) is 5.56 Å². The highest BCUT2D eigenvalue weighted by Crippen LogP contribution is 2.05. The summed E-state index contributed by atoms with van der Waals surface area (Å²) in [6.45, 7) is 1.63. The molecule has 0 saturated heterocycles. The van der Waals surface area contributed by atoms with Gasteiger partial charge in [-0.25, -0.2) is 0 Å². The van der Waals surface area contributed by atoms with Gasteiger partial charge in [-0.05, 0) is 19.1 Å². The second-order valence-corrected chi connectivity index (χ2v) is 3.91. The third-order valence-corrected chi connectivity index (χ3v) is 2.28. The van der Waals surface area contributed by atoms with Crippen molar-refractivity contribution >= 4 is 11.9 Å². The monoisotopic (exact) mass is 244 g/mol. The molecule has 0 saturated carbocycles. The Balaban J connectivity index is 2.22. The van der Waals surface area contributed by atoms with Crippen molar-refractivity contribution in [2.45, 2.75) is 6.92 Å². The SMILES string of the molecule is Cc1cc(=O)cc(C(=O)C=Cc2cnn(C)c2)o1. The summed E-state index contributed by atoms with van der Waals surface area (Å²) >= 11 is 0. The second kappa shape index (κ2) is 4.83. The Bertz CT molecular complexity index is 665. The smallest absolute Gasteiger partial charge is 0.221 e. The van der Waals surface area contributed by atoms with Crippen molar-refractivity contribution in [3.05, 3.63) is 57.9 Å². The van der Waals surface area contributed by atoms with Gasteiger partial charge in [0.1, 0.15) is 5.76 Å². The van der Waals surface area contributed by atoms with E-state index < -0.39 is 0 Å². The summed E-state index contributed by atoms with van der Waals surface area (Å²) < 4.78 is 6.83. The summed E-state index contributed by atoms with van der Waals surface area (Å²) in [5.74, 6) is 0.112. The molecule has 0 fully saturated rings. The van der Waals surface area contributed by atoms with Gasteiger partial charge in [0, 0.05) is 30.9 Å². The minimum Gasteiger partial charge on any atom is -0.458 e. The van der Waals surface area contributed by atoms with Crippen molar-refractivity contribution < 1.29 is 9.21 Å². The number of carbonyl (C=O) groups is 1. The van der Waals surface area contributed by atoms with Gasteiger partial charge < -0.3 is 4.42 Å². The van der Waals surface area contributed by atoms with E-state index >= 15 is 0 Å². The van der Waals surface area contributed by atoms with Gasteiger partial charge in [-0.15, -0.1) is 0 Å². The molecule has 0 amide bonds. The van der Waals surface area contributed by atoms with Crippen LogP contribution in [0.25, 0.3) is 6.08 Å². The van der Waals surface area contributed by atoms with Crippen LogP contribution in [0.5, 0.6) is 0 Å². The van der Waals surface area contributed by atoms with Crippen LogP contribution in [-0.2, 0) is 7.05 Å². The van der Waals surface area contributed by atoms with Gasteiger partial charge in [0.25, 0.3) is 0 Å². The van der Waals surface area contributed by atoms with E-state index in [4.69, 9.17) is 4.42 Å². The Hall–Kier alpha value is -2.43. The van der Waals surface area contributed by atoms with Gasteiger partial charge in [0.05, 0.1) is 6.20 Å². The number of aryl methyl sites for hydroxylation is 2. The predicted octanol–water partition coefficient (Wildman–Crippen LogP) is 1.58. The standard InChI is InChI=1S/C13H12N2O3/c1-9-5-11(16)6-13(18-9)12(17)4-3-10-7-14-15(2)8-10/h3-8H,1-2H3. The highest BCUT2D eigenvalue weighted by atomic mass is 16.3. The number of aromatic nitrogens is 2. The summed E-state index contributed by atoms with van der Waals surface area (Å²) in [5, 5.41) is 3.98. The van der Waals surface area contributed by atoms with Crippen LogP contribution in [-0.4, -0.2) is 15.6 Å². The lowest BCUT2D eigenvalue weighted by Gasteiger charge is -1.96. The molecule has 2 rings (SSSR count). The highest BCUT2D eigenvalue weighted by molar-refractivity contribution is 6.04. The number of rotatable bonds is 3. The summed E-state index contributed by atoms with van der Waals surface area (Å²) in [4.78, 5) is 23.0. The fourth-order valence-electron chi connectivity index (χ4n) is 1.51. The maximum Gasteiger partial charge on any atom is 0.221 e. The molecule has 18 heavy (non-hydrogen) atoms. The maximum atomic E-state index is 11.8. The van der Waals surface area contributed by atoms with Crippen LogP contribution in [0.15, 0.2) is 39.8 Å². The zero-order valence-electron chi connectivity index (χ0n) is 10.1. The van der Waals surface area contributed by atoms with Gasteiger partial charge in [-0.2, -0.15) is 5.10 Å². The molecule has 0 N–H and O–H groups in total. The van der Waals surface area contributed by atoms with Crippen molar-refractivity contribution in [3.63, 3.8) is 0 Å². The largest absolute Gasteiger partial charge is 0.458 e. The Morgan fingerprint density at radius 3 is 2.83 bits per heavy atom. The normalized spacial score (nSPS) is 11.0. The highest BCUT2D eigenvalue weighted by Gasteiger charge is 2.06. The molecule has 2 aromatic rings. The molecule has 2 aromatic heterocycles. The second-order valence-electron chi connectivity index (χ2n) is 3.91. The Morgan fingerprint density at radius 1 is 1.44 bits per heavy atom. The Morgan fingerprint density at radius 2 is 2.22 bits per heavy atom. The lowest BCUT2D eigenvalue weighted by Crippen LogP contribution is -2.04. The van der Waals surface area contributed by atoms with Crippen LogP contribution in [0, 0.1) is 6.92 Å². The molecule has 0 aliphatic rings. The Kier molecular flexibility index (Phi) is 3.23. The molecular weight excluding hydrogens is 232 g/mol. The third kappa shape index (κ3) is 2.82. The van der Waals surface area contributed by atoms with Crippen molar-refractivity contribution in [2.24, 2.45) is 7.05 Å². The van der Waals surface area contributed by atoms with Crippen molar-refractivity contribution in [1.82, 2.24) is 9.78 Å². The van der Waals surface area contributed by atoms with E-state index in [9.17, 15) is 9.59 Å². The molecule has 0 aliphatic heterocycles. The molecule has 5 nitrogen and oxygen atoms in total. The predicted molar refractivity (Wildman–Crippen MR) is 66.3 cm³/mol.